The van der Waals surface area contributed by atoms with Gasteiger partial charge in [0.25, 0.3) is 0 Å². The molecule has 4 aromatic rings. The number of nitrogens with zero attached hydrogens (tertiary/aromatic N) is 4. The molecule has 4 rings (SSSR count). The van der Waals surface area contributed by atoms with E-state index >= 15 is 0 Å². The van der Waals surface area contributed by atoms with E-state index in [0.717, 1.165) is 53.9 Å². The molecule has 0 radical (unpaired) electrons. The highest BCUT2D eigenvalue weighted by atomic mass is 16.5. The topological polar surface area (TPSA) is 73.9 Å². The van der Waals surface area contributed by atoms with Gasteiger partial charge in [-0.3, -0.25) is 0 Å². The Bertz CT molecular complexity index is 1250. The zero-order valence-electron chi connectivity index (χ0n) is 20.8. The minimum atomic E-state index is 0.0876. The van der Waals surface area contributed by atoms with E-state index in [1.165, 1.54) is 5.56 Å². The molecule has 2 aromatic carbocycles. The van der Waals surface area contributed by atoms with Crippen LogP contribution in [0.4, 0.5) is 0 Å². The Kier molecular flexibility index (Phi) is 7.25. The second-order valence-electron chi connectivity index (χ2n) is 9.88. The number of fused-ring (bicyclic) bond motifs is 1. The van der Waals surface area contributed by atoms with E-state index in [2.05, 4.69) is 62.2 Å². The minimum Gasteiger partial charge on any atom is -0.476 e. The SMILES string of the molecule is CCOc1nc2ccccc2nc1-c1cccc(CCCC(C)(C)Cc2nnc(C(C)C)o2)c1. The minimum absolute atomic E-state index is 0.0876. The number of hydrogen-bond acceptors (Lipinski definition) is 6. The number of aromatic nitrogens is 4. The van der Waals surface area contributed by atoms with Crippen LogP contribution in [0.2, 0.25) is 0 Å². The second-order valence-corrected chi connectivity index (χ2v) is 9.88. The summed E-state index contributed by atoms with van der Waals surface area (Å²) < 4.78 is 11.7. The number of para-hydroxylation sites is 2. The van der Waals surface area contributed by atoms with Gasteiger partial charge in [-0.25, -0.2) is 9.97 Å². The van der Waals surface area contributed by atoms with E-state index in [9.17, 15) is 0 Å². The van der Waals surface area contributed by atoms with Gasteiger partial charge < -0.3 is 9.15 Å². The van der Waals surface area contributed by atoms with E-state index in [1.807, 2.05) is 31.2 Å². The summed E-state index contributed by atoms with van der Waals surface area (Å²) in [7, 11) is 0. The molecule has 2 heterocycles. The van der Waals surface area contributed by atoms with Crippen molar-refractivity contribution in [3.8, 4) is 17.1 Å². The normalized spacial score (nSPS) is 11.9. The molecule has 2 aromatic heterocycles. The summed E-state index contributed by atoms with van der Waals surface area (Å²) >= 11 is 0. The van der Waals surface area contributed by atoms with E-state index in [4.69, 9.17) is 19.1 Å². The molecule has 0 fully saturated rings. The summed E-state index contributed by atoms with van der Waals surface area (Å²) in [6.45, 7) is 11.2. The van der Waals surface area contributed by atoms with Crippen molar-refractivity contribution in [3.63, 3.8) is 0 Å². The van der Waals surface area contributed by atoms with Crippen LogP contribution in [0.3, 0.4) is 0 Å². The van der Waals surface area contributed by atoms with Gasteiger partial charge in [-0.1, -0.05) is 58.0 Å². The predicted octanol–water partition coefficient (Wildman–Crippen LogP) is 6.79. The van der Waals surface area contributed by atoms with Crippen LogP contribution in [0.25, 0.3) is 22.3 Å². The van der Waals surface area contributed by atoms with Crippen molar-refractivity contribution >= 4 is 11.0 Å². The average molecular weight is 459 g/mol. The summed E-state index contributed by atoms with van der Waals surface area (Å²) in [6.07, 6.45) is 3.92. The lowest BCUT2D eigenvalue weighted by atomic mass is 9.83. The molecule has 0 aliphatic carbocycles. The maximum atomic E-state index is 5.84. The third-order valence-electron chi connectivity index (χ3n) is 5.95. The molecule has 0 bridgehead atoms. The molecule has 0 saturated carbocycles. The highest BCUT2D eigenvalue weighted by molar-refractivity contribution is 5.79. The lowest BCUT2D eigenvalue weighted by Crippen LogP contribution is -2.15. The van der Waals surface area contributed by atoms with Crippen molar-refractivity contribution in [1.29, 1.82) is 0 Å². The molecule has 0 spiro atoms. The summed E-state index contributed by atoms with van der Waals surface area (Å²) in [5, 5.41) is 8.40. The Morgan fingerprint density at radius 2 is 1.74 bits per heavy atom. The fraction of sp³-hybridized carbons (Fsp3) is 0.429. The van der Waals surface area contributed by atoms with Crippen molar-refractivity contribution in [2.75, 3.05) is 6.61 Å². The standard InChI is InChI=1S/C28H34N4O2/c1-6-33-27-25(29-22-14-7-8-15-23(22)30-27)21-13-9-11-20(17-21)12-10-16-28(4,5)18-24-31-32-26(34-24)19(2)3/h7-9,11,13-15,17,19H,6,10,12,16,18H2,1-5H3. The molecular formula is C28H34N4O2. The van der Waals surface area contributed by atoms with Gasteiger partial charge in [-0.2, -0.15) is 0 Å². The lowest BCUT2D eigenvalue weighted by molar-refractivity contribution is 0.286. The molecule has 0 saturated heterocycles. The largest absolute Gasteiger partial charge is 0.476 e. The zero-order valence-corrected chi connectivity index (χ0v) is 20.8. The van der Waals surface area contributed by atoms with Crippen molar-refractivity contribution in [3.05, 3.63) is 65.9 Å². The van der Waals surface area contributed by atoms with Crippen LogP contribution in [0.5, 0.6) is 5.88 Å². The zero-order chi connectivity index (χ0) is 24.1. The number of rotatable bonds is 10. The first-order valence-corrected chi connectivity index (χ1v) is 12.2. The highest BCUT2D eigenvalue weighted by Gasteiger charge is 2.22. The molecule has 0 aliphatic rings. The van der Waals surface area contributed by atoms with Gasteiger partial charge in [0.2, 0.25) is 17.7 Å². The van der Waals surface area contributed by atoms with Gasteiger partial charge in [0.15, 0.2) is 0 Å². The first-order chi connectivity index (χ1) is 16.3. The van der Waals surface area contributed by atoms with Gasteiger partial charge in [0, 0.05) is 17.9 Å². The average Bonchev–Trinajstić information content (AvgIpc) is 3.27. The molecular weight excluding hydrogens is 424 g/mol. The van der Waals surface area contributed by atoms with Crippen LogP contribution < -0.4 is 4.74 Å². The molecule has 178 valence electrons. The number of aryl methyl sites for hydroxylation is 1. The Balaban J connectivity index is 1.45. The third-order valence-corrected chi connectivity index (χ3v) is 5.95. The molecule has 0 atom stereocenters. The van der Waals surface area contributed by atoms with Gasteiger partial charge >= 0.3 is 0 Å². The molecule has 0 unspecified atom stereocenters. The quantitative estimate of drug-likeness (QED) is 0.260. The molecule has 0 N–H and O–H groups in total. The summed E-state index contributed by atoms with van der Waals surface area (Å²) in [6, 6.07) is 16.5. The molecule has 34 heavy (non-hydrogen) atoms. The van der Waals surface area contributed by atoms with Gasteiger partial charge in [0.1, 0.15) is 5.69 Å². The van der Waals surface area contributed by atoms with Crippen LogP contribution in [-0.4, -0.2) is 26.8 Å². The lowest BCUT2D eigenvalue weighted by Gasteiger charge is -2.22. The van der Waals surface area contributed by atoms with Crippen LogP contribution >= 0.6 is 0 Å². The maximum absolute atomic E-state index is 5.84. The molecule has 0 aliphatic heterocycles. The first-order valence-electron chi connectivity index (χ1n) is 12.2. The van der Waals surface area contributed by atoms with Crippen LogP contribution in [0.15, 0.2) is 52.9 Å². The maximum Gasteiger partial charge on any atom is 0.241 e. The van der Waals surface area contributed by atoms with Crippen molar-refractivity contribution in [2.45, 2.75) is 66.2 Å². The molecule has 6 heteroatoms. The van der Waals surface area contributed by atoms with Gasteiger partial charge in [0.05, 0.1) is 17.6 Å². The number of hydrogen-bond donors (Lipinski definition) is 0. The summed E-state index contributed by atoms with van der Waals surface area (Å²) in [5.41, 5.74) is 4.91. The Morgan fingerprint density at radius 1 is 0.971 bits per heavy atom. The Labute approximate surface area is 201 Å². The third kappa shape index (κ3) is 5.79. The smallest absolute Gasteiger partial charge is 0.241 e. The number of benzene rings is 2. The second kappa shape index (κ2) is 10.3. The fourth-order valence-electron chi connectivity index (χ4n) is 4.12. The van der Waals surface area contributed by atoms with E-state index in [0.29, 0.717) is 18.4 Å². The Morgan fingerprint density at radius 3 is 2.44 bits per heavy atom. The predicted molar refractivity (Wildman–Crippen MR) is 135 cm³/mol. The van der Waals surface area contributed by atoms with E-state index in [-0.39, 0.29) is 11.3 Å². The Hall–Kier alpha value is -3.28. The van der Waals surface area contributed by atoms with Gasteiger partial charge in [-0.05, 0) is 55.4 Å². The highest BCUT2D eigenvalue weighted by Crippen LogP contribution is 2.31. The van der Waals surface area contributed by atoms with Crippen molar-refractivity contribution < 1.29 is 9.15 Å². The summed E-state index contributed by atoms with van der Waals surface area (Å²) in [5.74, 6) is 2.28. The molecule has 6 nitrogen and oxygen atoms in total. The van der Waals surface area contributed by atoms with E-state index < -0.39 is 0 Å². The van der Waals surface area contributed by atoms with Crippen LogP contribution in [0, 0.1) is 5.41 Å². The fourth-order valence-corrected chi connectivity index (χ4v) is 4.12. The number of ether oxygens (including phenoxy) is 1. The van der Waals surface area contributed by atoms with Crippen LogP contribution in [-0.2, 0) is 12.8 Å². The van der Waals surface area contributed by atoms with Crippen molar-refractivity contribution in [1.82, 2.24) is 20.2 Å². The van der Waals surface area contributed by atoms with Crippen LogP contribution in [0.1, 0.15) is 70.7 Å². The molecule has 0 amide bonds. The monoisotopic (exact) mass is 458 g/mol. The van der Waals surface area contributed by atoms with Gasteiger partial charge in [-0.15, -0.1) is 10.2 Å². The summed E-state index contributed by atoms with van der Waals surface area (Å²) in [4.78, 5) is 9.59. The first kappa shape index (κ1) is 23.9. The van der Waals surface area contributed by atoms with E-state index in [1.54, 1.807) is 0 Å². The van der Waals surface area contributed by atoms with Crippen molar-refractivity contribution in [2.24, 2.45) is 5.41 Å².